The first-order chi connectivity index (χ1) is 8.61. The van der Waals surface area contributed by atoms with E-state index in [2.05, 4.69) is 48.1 Å². The number of aromatic nitrogens is 1. The van der Waals surface area contributed by atoms with E-state index in [4.69, 9.17) is 0 Å². The first-order valence-electron chi connectivity index (χ1n) is 7.00. The summed E-state index contributed by atoms with van der Waals surface area (Å²) in [6.07, 6.45) is 4.15. The minimum atomic E-state index is 0.232. The maximum Gasteiger partial charge on any atom is 0.0416 e. The quantitative estimate of drug-likeness (QED) is 0.883. The Morgan fingerprint density at radius 3 is 2.94 bits per heavy atom. The van der Waals surface area contributed by atoms with Crippen LogP contribution in [0.5, 0.6) is 0 Å². The second kappa shape index (κ2) is 5.81. The zero-order valence-corrected chi connectivity index (χ0v) is 11.8. The second-order valence-corrected chi connectivity index (χ2v) is 5.87. The Labute approximate surface area is 111 Å². The predicted octanol–water partition coefficient (Wildman–Crippen LogP) is 2.09. The van der Waals surface area contributed by atoms with Crippen molar-refractivity contribution < 1.29 is 0 Å². The van der Waals surface area contributed by atoms with Gasteiger partial charge in [0.05, 0.1) is 0 Å². The zero-order chi connectivity index (χ0) is 13.0. The lowest BCUT2D eigenvalue weighted by Crippen LogP contribution is -2.61. The highest BCUT2D eigenvalue weighted by Gasteiger charge is 2.31. The van der Waals surface area contributed by atoms with Gasteiger partial charge in [-0.3, -0.25) is 9.88 Å². The summed E-state index contributed by atoms with van der Waals surface area (Å²) in [6.45, 7) is 10.2. The van der Waals surface area contributed by atoms with Crippen LogP contribution in [0.3, 0.4) is 0 Å². The van der Waals surface area contributed by atoms with Gasteiger partial charge in [0.1, 0.15) is 0 Å². The van der Waals surface area contributed by atoms with Crippen molar-refractivity contribution in [2.45, 2.75) is 45.2 Å². The van der Waals surface area contributed by atoms with Crippen molar-refractivity contribution in [3.8, 4) is 0 Å². The van der Waals surface area contributed by atoms with Crippen LogP contribution in [0.15, 0.2) is 24.4 Å². The molecular formula is C15H25N3. The molecule has 0 spiro atoms. The van der Waals surface area contributed by atoms with Crippen molar-refractivity contribution in [1.29, 1.82) is 0 Å². The normalized spacial score (nSPS) is 24.1. The van der Waals surface area contributed by atoms with Gasteiger partial charge in [-0.2, -0.15) is 0 Å². The fourth-order valence-corrected chi connectivity index (χ4v) is 2.68. The minimum absolute atomic E-state index is 0.232. The van der Waals surface area contributed by atoms with Gasteiger partial charge in [0.2, 0.25) is 0 Å². The fourth-order valence-electron chi connectivity index (χ4n) is 2.68. The lowest BCUT2D eigenvalue weighted by molar-refractivity contribution is 0.0937. The largest absolute Gasteiger partial charge is 0.309 e. The summed E-state index contributed by atoms with van der Waals surface area (Å²) in [6, 6.07) is 6.84. The number of pyridine rings is 1. The first-order valence-corrected chi connectivity index (χ1v) is 7.00. The van der Waals surface area contributed by atoms with E-state index in [0.29, 0.717) is 6.04 Å². The molecule has 1 aliphatic heterocycles. The van der Waals surface area contributed by atoms with Gasteiger partial charge in [-0.15, -0.1) is 0 Å². The smallest absolute Gasteiger partial charge is 0.0416 e. The molecule has 0 amide bonds. The molecule has 2 rings (SSSR count). The maximum atomic E-state index is 4.41. The molecule has 1 aromatic heterocycles. The molecule has 1 unspecified atom stereocenters. The number of hydrogen-bond donors (Lipinski definition) is 1. The van der Waals surface area contributed by atoms with Crippen molar-refractivity contribution in [3.05, 3.63) is 30.1 Å². The molecule has 0 radical (unpaired) electrons. The summed E-state index contributed by atoms with van der Waals surface area (Å²) in [4.78, 5) is 7.02. The van der Waals surface area contributed by atoms with Gasteiger partial charge in [0.15, 0.2) is 0 Å². The Bertz CT molecular complexity index is 361. The highest BCUT2D eigenvalue weighted by Crippen LogP contribution is 2.17. The van der Waals surface area contributed by atoms with E-state index in [9.17, 15) is 0 Å². The molecular weight excluding hydrogens is 222 g/mol. The monoisotopic (exact) mass is 247 g/mol. The highest BCUT2D eigenvalue weighted by molar-refractivity contribution is 5.04. The van der Waals surface area contributed by atoms with E-state index >= 15 is 0 Å². The summed E-state index contributed by atoms with van der Waals surface area (Å²) in [5.74, 6) is 0. The molecule has 2 heterocycles. The Hall–Kier alpha value is -0.930. The summed E-state index contributed by atoms with van der Waals surface area (Å²) in [5.41, 5.74) is 1.43. The lowest BCUT2D eigenvalue weighted by atomic mass is 9.97. The number of piperazine rings is 1. The van der Waals surface area contributed by atoms with E-state index in [1.165, 1.54) is 12.1 Å². The molecule has 0 saturated carbocycles. The third-order valence-electron chi connectivity index (χ3n) is 3.78. The Balaban J connectivity index is 1.93. The van der Waals surface area contributed by atoms with Gasteiger partial charge in [0, 0.05) is 49.5 Å². The van der Waals surface area contributed by atoms with Crippen molar-refractivity contribution >= 4 is 0 Å². The number of rotatable bonds is 4. The van der Waals surface area contributed by atoms with Crippen LogP contribution < -0.4 is 5.32 Å². The first kappa shape index (κ1) is 13.5. The van der Waals surface area contributed by atoms with Crippen molar-refractivity contribution in [2.75, 3.05) is 19.6 Å². The van der Waals surface area contributed by atoms with Crippen LogP contribution >= 0.6 is 0 Å². The molecule has 1 atom stereocenters. The Kier molecular flexibility index (Phi) is 4.36. The van der Waals surface area contributed by atoms with E-state index in [1.54, 1.807) is 0 Å². The SMILES string of the molecule is CCC1CNC(C)(C)CN1CCc1ccccn1. The van der Waals surface area contributed by atoms with Crippen LogP contribution in [0.1, 0.15) is 32.9 Å². The summed E-state index contributed by atoms with van der Waals surface area (Å²) < 4.78 is 0. The van der Waals surface area contributed by atoms with Crippen LogP contribution in [-0.4, -0.2) is 41.1 Å². The van der Waals surface area contributed by atoms with Gasteiger partial charge in [-0.1, -0.05) is 13.0 Å². The third kappa shape index (κ3) is 3.53. The highest BCUT2D eigenvalue weighted by atomic mass is 15.2. The van der Waals surface area contributed by atoms with Crippen LogP contribution in [-0.2, 0) is 6.42 Å². The third-order valence-corrected chi connectivity index (χ3v) is 3.78. The molecule has 1 saturated heterocycles. The predicted molar refractivity (Wildman–Crippen MR) is 75.7 cm³/mol. The molecule has 100 valence electrons. The molecule has 1 fully saturated rings. The Morgan fingerprint density at radius 1 is 1.44 bits per heavy atom. The number of nitrogens with zero attached hydrogens (tertiary/aromatic N) is 2. The van der Waals surface area contributed by atoms with E-state index in [0.717, 1.165) is 26.1 Å². The van der Waals surface area contributed by atoms with Crippen LogP contribution in [0, 0.1) is 0 Å². The summed E-state index contributed by atoms with van der Waals surface area (Å²) >= 11 is 0. The maximum absolute atomic E-state index is 4.41. The standard InChI is InChI=1S/C15H25N3/c1-4-14-11-17-15(2,3)12-18(14)10-8-13-7-5-6-9-16-13/h5-7,9,14,17H,4,8,10-12H2,1-3H3. The number of nitrogens with one attached hydrogen (secondary N) is 1. The molecule has 1 N–H and O–H groups in total. The van der Waals surface area contributed by atoms with Crippen LogP contribution in [0.25, 0.3) is 0 Å². The van der Waals surface area contributed by atoms with Gasteiger partial charge in [0.25, 0.3) is 0 Å². The van der Waals surface area contributed by atoms with Crippen LogP contribution in [0.4, 0.5) is 0 Å². The second-order valence-electron chi connectivity index (χ2n) is 5.87. The van der Waals surface area contributed by atoms with Gasteiger partial charge in [-0.05, 0) is 32.4 Å². The molecule has 3 nitrogen and oxygen atoms in total. The summed E-state index contributed by atoms with van der Waals surface area (Å²) in [5, 5.41) is 3.63. The number of hydrogen-bond acceptors (Lipinski definition) is 3. The van der Waals surface area contributed by atoms with Gasteiger partial charge < -0.3 is 5.32 Å². The Morgan fingerprint density at radius 2 is 2.28 bits per heavy atom. The molecule has 3 heteroatoms. The fraction of sp³-hybridized carbons (Fsp3) is 0.667. The van der Waals surface area contributed by atoms with E-state index in [-0.39, 0.29) is 5.54 Å². The minimum Gasteiger partial charge on any atom is -0.309 e. The van der Waals surface area contributed by atoms with Gasteiger partial charge >= 0.3 is 0 Å². The van der Waals surface area contributed by atoms with Crippen molar-refractivity contribution in [1.82, 2.24) is 15.2 Å². The van der Waals surface area contributed by atoms with E-state index < -0.39 is 0 Å². The topological polar surface area (TPSA) is 28.2 Å². The molecule has 1 aromatic rings. The molecule has 1 aliphatic rings. The van der Waals surface area contributed by atoms with Gasteiger partial charge in [-0.25, -0.2) is 0 Å². The average molecular weight is 247 g/mol. The van der Waals surface area contributed by atoms with E-state index in [1.807, 2.05) is 12.3 Å². The molecule has 0 bridgehead atoms. The average Bonchev–Trinajstić information content (AvgIpc) is 2.37. The lowest BCUT2D eigenvalue weighted by Gasteiger charge is -2.44. The van der Waals surface area contributed by atoms with Crippen molar-refractivity contribution in [3.63, 3.8) is 0 Å². The van der Waals surface area contributed by atoms with Crippen LogP contribution in [0.2, 0.25) is 0 Å². The van der Waals surface area contributed by atoms with Crippen molar-refractivity contribution in [2.24, 2.45) is 0 Å². The zero-order valence-electron chi connectivity index (χ0n) is 11.8. The summed E-state index contributed by atoms with van der Waals surface area (Å²) in [7, 11) is 0. The molecule has 18 heavy (non-hydrogen) atoms. The molecule has 0 aliphatic carbocycles. The molecule has 0 aromatic carbocycles.